The maximum Gasteiger partial charge on any atom is 0.170 e. The van der Waals surface area contributed by atoms with Gasteiger partial charge >= 0.3 is 0 Å². The van der Waals surface area contributed by atoms with E-state index in [1.807, 2.05) is 20.8 Å². The van der Waals surface area contributed by atoms with Gasteiger partial charge in [-0.3, -0.25) is 4.79 Å². The summed E-state index contributed by atoms with van der Waals surface area (Å²) in [6.07, 6.45) is 3.52. The summed E-state index contributed by atoms with van der Waals surface area (Å²) in [5.74, 6) is 7.30. The highest BCUT2D eigenvalue weighted by Crippen LogP contribution is 2.42. The molecular weight excluding hydrogens is 278 g/mol. The first-order valence-electron chi connectivity index (χ1n) is 8.00. The van der Waals surface area contributed by atoms with E-state index in [4.69, 9.17) is 15.5 Å². The molecule has 0 radical (unpaired) electrons. The van der Waals surface area contributed by atoms with Crippen LogP contribution in [-0.4, -0.2) is 11.4 Å². The number of Topliss-reactive ketones (excluding diaryl/α,β-unsaturated/α-hetero) is 1. The van der Waals surface area contributed by atoms with Gasteiger partial charge in [-0.25, -0.2) is 0 Å². The predicted octanol–water partition coefficient (Wildman–Crippen LogP) is 4.11. The Morgan fingerprint density at radius 1 is 1.36 bits per heavy atom. The Labute approximate surface area is 132 Å². The van der Waals surface area contributed by atoms with E-state index < -0.39 is 5.60 Å². The monoisotopic (exact) mass is 305 g/mol. The molecule has 1 aliphatic heterocycles. The molecule has 0 amide bonds. The van der Waals surface area contributed by atoms with Crippen LogP contribution in [0.15, 0.2) is 6.07 Å². The van der Waals surface area contributed by atoms with Crippen LogP contribution in [0.3, 0.4) is 0 Å². The number of rotatable bonds is 5. The SMILES string of the molecule is Cc1c(ON)cc2c(c1C)OC(C)(CCCC(C)C)CC2=O. The molecule has 0 spiro atoms. The van der Waals surface area contributed by atoms with E-state index in [0.29, 0.717) is 29.4 Å². The number of ether oxygens (including phenoxy) is 1. The first-order chi connectivity index (χ1) is 10.3. The number of ketones is 1. The van der Waals surface area contributed by atoms with E-state index >= 15 is 0 Å². The standard InChI is InChI=1S/C18H27NO3/c1-11(2)7-6-8-18(5)10-15(20)14-9-16(22-19)12(3)13(4)17(14)21-18/h9,11H,6-8,10,19H2,1-5H3. The van der Waals surface area contributed by atoms with Crippen molar-refractivity contribution in [1.29, 1.82) is 0 Å². The van der Waals surface area contributed by atoms with Gasteiger partial charge in [0, 0.05) is 5.56 Å². The molecule has 0 saturated heterocycles. The van der Waals surface area contributed by atoms with Crippen LogP contribution in [0, 0.1) is 19.8 Å². The number of benzene rings is 1. The molecule has 0 fully saturated rings. The average Bonchev–Trinajstić information content (AvgIpc) is 2.43. The van der Waals surface area contributed by atoms with Crippen LogP contribution in [0.2, 0.25) is 0 Å². The topological polar surface area (TPSA) is 61.6 Å². The lowest BCUT2D eigenvalue weighted by molar-refractivity contribution is 0.0441. The number of hydrogen-bond acceptors (Lipinski definition) is 4. The molecule has 22 heavy (non-hydrogen) atoms. The fraction of sp³-hybridized carbons (Fsp3) is 0.611. The molecule has 4 nitrogen and oxygen atoms in total. The fourth-order valence-corrected chi connectivity index (χ4v) is 3.06. The van der Waals surface area contributed by atoms with Gasteiger partial charge in [0.25, 0.3) is 0 Å². The lowest BCUT2D eigenvalue weighted by atomic mass is 9.85. The summed E-state index contributed by atoms with van der Waals surface area (Å²) >= 11 is 0. The van der Waals surface area contributed by atoms with Gasteiger partial charge in [0.05, 0.1) is 12.0 Å². The van der Waals surface area contributed by atoms with E-state index in [1.54, 1.807) is 6.07 Å². The van der Waals surface area contributed by atoms with E-state index in [1.165, 1.54) is 0 Å². The first kappa shape index (κ1) is 16.8. The van der Waals surface area contributed by atoms with Gasteiger partial charge in [-0.1, -0.05) is 20.3 Å². The third-order valence-corrected chi connectivity index (χ3v) is 4.59. The van der Waals surface area contributed by atoms with E-state index in [0.717, 1.165) is 30.4 Å². The molecule has 0 aliphatic carbocycles. The van der Waals surface area contributed by atoms with Crippen molar-refractivity contribution >= 4 is 5.78 Å². The van der Waals surface area contributed by atoms with Crippen LogP contribution in [0.4, 0.5) is 0 Å². The maximum absolute atomic E-state index is 12.6. The Morgan fingerprint density at radius 3 is 2.64 bits per heavy atom. The van der Waals surface area contributed by atoms with Crippen molar-refractivity contribution < 1.29 is 14.4 Å². The van der Waals surface area contributed by atoms with E-state index in [9.17, 15) is 4.79 Å². The van der Waals surface area contributed by atoms with Crippen LogP contribution < -0.4 is 15.5 Å². The zero-order valence-electron chi connectivity index (χ0n) is 14.3. The van der Waals surface area contributed by atoms with Crippen LogP contribution >= 0.6 is 0 Å². The molecule has 2 N–H and O–H groups in total. The normalized spacial score (nSPS) is 20.8. The summed E-state index contributed by atoms with van der Waals surface area (Å²) in [7, 11) is 0. The van der Waals surface area contributed by atoms with Crippen LogP contribution in [0.1, 0.15) is 67.9 Å². The smallest absolute Gasteiger partial charge is 0.170 e. The average molecular weight is 305 g/mol. The van der Waals surface area contributed by atoms with E-state index in [2.05, 4.69) is 13.8 Å². The van der Waals surface area contributed by atoms with Crippen molar-refractivity contribution in [3.05, 3.63) is 22.8 Å². The highest BCUT2D eigenvalue weighted by Gasteiger charge is 2.37. The minimum Gasteiger partial charge on any atom is -0.486 e. The Morgan fingerprint density at radius 2 is 2.05 bits per heavy atom. The molecule has 122 valence electrons. The maximum atomic E-state index is 12.6. The summed E-state index contributed by atoms with van der Waals surface area (Å²) in [4.78, 5) is 17.4. The molecule has 0 saturated carbocycles. The first-order valence-corrected chi connectivity index (χ1v) is 8.00. The molecule has 1 aromatic carbocycles. The number of carbonyl (C=O) groups excluding carboxylic acids is 1. The minimum absolute atomic E-state index is 0.106. The van der Waals surface area contributed by atoms with Crippen LogP contribution in [0.5, 0.6) is 11.5 Å². The lowest BCUT2D eigenvalue weighted by Gasteiger charge is -2.36. The van der Waals surface area contributed by atoms with Crippen LogP contribution in [0.25, 0.3) is 0 Å². The molecule has 0 aromatic heterocycles. The van der Waals surface area contributed by atoms with Crippen molar-refractivity contribution in [2.45, 2.75) is 65.9 Å². The molecule has 1 aromatic rings. The summed E-state index contributed by atoms with van der Waals surface area (Å²) in [6, 6.07) is 1.70. The highest BCUT2D eigenvalue weighted by molar-refractivity contribution is 6.01. The molecule has 0 bridgehead atoms. The highest BCUT2D eigenvalue weighted by atomic mass is 16.6. The van der Waals surface area contributed by atoms with Gasteiger partial charge in [-0.05, 0) is 51.2 Å². The summed E-state index contributed by atoms with van der Waals surface area (Å²) in [5.41, 5.74) is 2.02. The molecule has 2 rings (SSSR count). The largest absolute Gasteiger partial charge is 0.486 e. The molecule has 1 aliphatic rings. The number of hydrogen-bond donors (Lipinski definition) is 1. The zero-order chi connectivity index (χ0) is 16.5. The minimum atomic E-state index is -0.415. The molecule has 1 heterocycles. The van der Waals surface area contributed by atoms with Crippen molar-refractivity contribution in [2.75, 3.05) is 0 Å². The van der Waals surface area contributed by atoms with Crippen LogP contribution in [-0.2, 0) is 0 Å². The van der Waals surface area contributed by atoms with Gasteiger partial charge in [-0.15, -0.1) is 0 Å². The Kier molecular flexibility index (Phi) is 4.81. The number of nitrogens with two attached hydrogens (primary N) is 1. The van der Waals surface area contributed by atoms with E-state index in [-0.39, 0.29) is 5.78 Å². The second kappa shape index (κ2) is 6.29. The molecule has 1 unspecified atom stereocenters. The second-order valence-electron chi connectivity index (χ2n) is 7.06. The third-order valence-electron chi connectivity index (χ3n) is 4.59. The Balaban J connectivity index is 2.29. The molecular formula is C18H27NO3. The van der Waals surface area contributed by atoms with Crippen molar-refractivity contribution in [1.82, 2.24) is 0 Å². The van der Waals surface area contributed by atoms with Gasteiger partial charge in [0.15, 0.2) is 11.5 Å². The number of carbonyl (C=O) groups is 1. The van der Waals surface area contributed by atoms with Crippen molar-refractivity contribution in [3.63, 3.8) is 0 Å². The third kappa shape index (κ3) is 3.27. The Bertz CT molecular complexity index is 580. The van der Waals surface area contributed by atoms with Gasteiger partial charge in [-0.2, -0.15) is 5.90 Å². The van der Waals surface area contributed by atoms with Crippen molar-refractivity contribution in [2.24, 2.45) is 11.8 Å². The summed E-state index contributed by atoms with van der Waals surface area (Å²) in [6.45, 7) is 10.3. The fourth-order valence-electron chi connectivity index (χ4n) is 3.06. The summed E-state index contributed by atoms with van der Waals surface area (Å²) in [5, 5.41) is 0. The second-order valence-corrected chi connectivity index (χ2v) is 7.06. The quantitative estimate of drug-likeness (QED) is 0.832. The van der Waals surface area contributed by atoms with Gasteiger partial charge < -0.3 is 9.57 Å². The van der Waals surface area contributed by atoms with Crippen molar-refractivity contribution in [3.8, 4) is 11.5 Å². The predicted molar refractivity (Wildman–Crippen MR) is 87.4 cm³/mol. The van der Waals surface area contributed by atoms with Gasteiger partial charge in [0.1, 0.15) is 11.4 Å². The number of fused-ring (bicyclic) bond motifs is 1. The molecule has 4 heteroatoms. The summed E-state index contributed by atoms with van der Waals surface area (Å²) < 4.78 is 6.27. The Hall–Kier alpha value is -1.55. The lowest BCUT2D eigenvalue weighted by Crippen LogP contribution is -2.39. The zero-order valence-corrected chi connectivity index (χ0v) is 14.3. The van der Waals surface area contributed by atoms with Gasteiger partial charge in [0.2, 0.25) is 0 Å². The molecule has 1 atom stereocenters.